The number of allylic oxidation sites excluding steroid dienone is 2. The predicted octanol–water partition coefficient (Wildman–Crippen LogP) is 6.32. The maximum Gasteiger partial charge on any atom is 0.421 e. The summed E-state index contributed by atoms with van der Waals surface area (Å²) in [6.07, 6.45) is 8.35. The second-order valence-corrected chi connectivity index (χ2v) is 28.0. The summed E-state index contributed by atoms with van der Waals surface area (Å²) in [4.78, 5) is 103. The lowest BCUT2D eigenvalue weighted by Gasteiger charge is -2.31. The number of hydrogen-bond donors (Lipinski definition) is 8. The van der Waals surface area contributed by atoms with Gasteiger partial charge in [0.15, 0.2) is 29.2 Å². The van der Waals surface area contributed by atoms with Gasteiger partial charge in [0.1, 0.15) is 25.3 Å². The summed E-state index contributed by atoms with van der Waals surface area (Å²) in [6.45, 7) is 12.7. The van der Waals surface area contributed by atoms with Crippen LogP contribution < -0.4 is 60.2 Å². The molecule has 7 aliphatic rings. The lowest BCUT2D eigenvalue weighted by atomic mass is 10.0. The maximum atomic E-state index is 14.3. The number of aliphatic hydroxyl groups excluding tert-OH is 1. The van der Waals surface area contributed by atoms with Crippen LogP contribution in [0.25, 0.3) is 0 Å². The highest BCUT2D eigenvalue weighted by atomic mass is 32.2. The number of hydrogen-bond acceptors (Lipinski definition) is 22. The van der Waals surface area contributed by atoms with E-state index >= 15 is 0 Å². The molecule has 31 heteroatoms. The second-order valence-electron chi connectivity index (χ2n) is 26.5. The average molecular weight is 1410 g/mol. The smallest absolute Gasteiger partial charge is 0.421 e. The number of benzene rings is 3. The Morgan fingerprint density at radius 3 is 2.10 bits per heavy atom. The monoisotopic (exact) mass is 1410 g/mol. The van der Waals surface area contributed by atoms with Crippen molar-refractivity contribution in [3.05, 3.63) is 100 Å². The lowest BCUT2D eigenvalue weighted by molar-refractivity contribution is -0.133. The van der Waals surface area contributed by atoms with Crippen molar-refractivity contribution >= 4 is 75.2 Å². The molecule has 30 nitrogen and oxygen atoms in total. The van der Waals surface area contributed by atoms with Gasteiger partial charge in [0, 0.05) is 54.7 Å². The van der Waals surface area contributed by atoms with Crippen molar-refractivity contribution in [1.29, 1.82) is 0 Å². The number of rotatable bonds is 31. The molecule has 5 heterocycles. The van der Waals surface area contributed by atoms with E-state index in [0.29, 0.717) is 77.7 Å². The van der Waals surface area contributed by atoms with Crippen molar-refractivity contribution in [3.8, 4) is 23.0 Å². The SMILES string of the molecule is COc1cc2c(cc1OCCCCCOc1cc3c(cc1OC)C(=O)N1C=C(C)C[C@H]1[C@H](O)N3C(=O)OCc1ccc(NC(=O)[C@H](C)NC(=O)[C@@H](NC(=O)COCCOCCNS(=O)(=O)NC(=O)OC[C@@H]3[C@@H]4CCC5=C(CC[C@@H]43)NNN5C(C)C)C(C)C)cc1)N=C[C@@H]1CC(C)=CN1C2=O. The number of aliphatic imine (C=N–C) groups is 1. The molecule has 5 aliphatic heterocycles. The highest BCUT2D eigenvalue weighted by Gasteiger charge is 2.51. The first-order valence-electron chi connectivity index (χ1n) is 33.9. The summed E-state index contributed by atoms with van der Waals surface area (Å²) in [7, 11) is -1.27. The van der Waals surface area contributed by atoms with Gasteiger partial charge in [-0.05, 0) is 146 Å². The Morgan fingerprint density at radius 1 is 0.740 bits per heavy atom. The lowest BCUT2D eigenvalue weighted by Crippen LogP contribution is -2.54. The first kappa shape index (κ1) is 73.7. The molecule has 3 aromatic rings. The van der Waals surface area contributed by atoms with Crippen LogP contribution in [0.4, 0.5) is 26.7 Å². The number of nitrogens with zero attached hydrogens (tertiary/aromatic N) is 5. The minimum absolute atomic E-state index is 0.000772. The Hall–Kier alpha value is -9.01. The molecular weight excluding hydrogens is 1320 g/mol. The minimum Gasteiger partial charge on any atom is -0.493 e. The first-order valence-corrected chi connectivity index (χ1v) is 35.4. The van der Waals surface area contributed by atoms with Crippen LogP contribution in [0.2, 0.25) is 0 Å². The highest BCUT2D eigenvalue weighted by molar-refractivity contribution is 7.88. The number of methoxy groups -OCH3 is 2. The van der Waals surface area contributed by atoms with E-state index in [1.165, 1.54) is 49.6 Å². The molecule has 1 saturated carbocycles. The summed E-state index contributed by atoms with van der Waals surface area (Å²) < 4.78 is 74.7. The van der Waals surface area contributed by atoms with Crippen LogP contribution in [-0.2, 0) is 50.1 Å². The molecule has 2 aliphatic carbocycles. The maximum absolute atomic E-state index is 14.3. The summed E-state index contributed by atoms with van der Waals surface area (Å²) in [5.74, 6) is -0.467. The Morgan fingerprint density at radius 2 is 1.40 bits per heavy atom. The topological polar surface area (TPSA) is 357 Å². The van der Waals surface area contributed by atoms with E-state index < -0.39 is 82.9 Å². The third-order valence-corrected chi connectivity index (χ3v) is 19.6. The van der Waals surface area contributed by atoms with E-state index in [1.54, 1.807) is 67.6 Å². The Labute approximate surface area is 582 Å². The van der Waals surface area contributed by atoms with Gasteiger partial charge in [0.2, 0.25) is 17.7 Å². The number of hydrazine groups is 2. The number of carbonyl (C=O) groups excluding carboxylic acids is 7. The molecule has 1 fully saturated rings. The Kier molecular flexibility index (Phi) is 24.3. The van der Waals surface area contributed by atoms with E-state index in [4.69, 9.17) is 37.9 Å². The van der Waals surface area contributed by atoms with Gasteiger partial charge in [-0.1, -0.05) is 37.1 Å². The minimum atomic E-state index is -4.23. The molecule has 8 N–H and O–H groups in total. The van der Waals surface area contributed by atoms with Crippen LogP contribution in [0.15, 0.2) is 88.5 Å². The number of nitrogens with one attached hydrogen (secondary N) is 7. The number of carbonyl (C=O) groups is 7. The Bertz CT molecular complexity index is 3790. The van der Waals surface area contributed by atoms with Gasteiger partial charge in [-0.25, -0.2) is 19.2 Å². The van der Waals surface area contributed by atoms with Crippen molar-refractivity contribution in [2.75, 3.05) is 77.2 Å². The van der Waals surface area contributed by atoms with Gasteiger partial charge in [-0.3, -0.25) is 34.0 Å². The van der Waals surface area contributed by atoms with Crippen LogP contribution in [0.5, 0.6) is 23.0 Å². The number of anilines is 2. The van der Waals surface area contributed by atoms with E-state index in [0.717, 1.165) is 48.2 Å². The summed E-state index contributed by atoms with van der Waals surface area (Å²) >= 11 is 0. The predicted molar refractivity (Wildman–Crippen MR) is 366 cm³/mol. The molecule has 0 bridgehead atoms. The van der Waals surface area contributed by atoms with Crippen molar-refractivity contribution in [3.63, 3.8) is 0 Å². The standard InChI is InChI=1S/C69H92N12O18S/c1-39(2)62(74-61(82)38-95-26-25-94-24-21-71-100(90,91)76-68(88)98-37-51-47-17-19-52-54(20-18-48(47)51)81(40(3)4)77-75-52)64(84)72-43(7)63(83)73-45-15-13-44(14-16-45)36-99-69(89)80-55-32-60(58(93-9)30-50(55)66(86)79-35-42(6)28-56(79)67(80)87)97-23-12-10-11-22-96-59-31-53-49(29-57(59)92-8)65(85)78-34-41(5)27-46(78)33-70-53/h13-16,29-35,39-40,43,46-48,51,56,62,67,71,75,77,87H,10-12,17-28,36-38H2,1-9H3,(H,72,84)(H,73,83)(H,74,82)(H,76,88)/t43-,46-,47-,48+,51-,56-,62-,67-/m0/s1. The largest absolute Gasteiger partial charge is 0.493 e. The fourth-order valence-electron chi connectivity index (χ4n) is 13.2. The number of fused-ring (bicyclic) bond motifs is 5. The molecule has 542 valence electrons. The third-order valence-electron chi connectivity index (χ3n) is 18.5. The van der Waals surface area contributed by atoms with Gasteiger partial charge in [0.05, 0.1) is 94.1 Å². The summed E-state index contributed by atoms with van der Waals surface area (Å²) in [6, 6.07) is 9.98. The molecule has 0 spiro atoms. The molecule has 7 amide bonds. The van der Waals surface area contributed by atoms with Crippen LogP contribution >= 0.6 is 0 Å². The molecule has 100 heavy (non-hydrogen) atoms. The quantitative estimate of drug-likeness (QED) is 0.0327. The van der Waals surface area contributed by atoms with Crippen molar-refractivity contribution in [2.45, 2.75) is 149 Å². The van der Waals surface area contributed by atoms with Crippen molar-refractivity contribution in [2.24, 2.45) is 28.7 Å². The van der Waals surface area contributed by atoms with Crippen LogP contribution in [-0.4, -0.2) is 180 Å². The van der Waals surface area contributed by atoms with Gasteiger partial charge in [0.25, 0.3) is 11.8 Å². The van der Waals surface area contributed by atoms with Crippen LogP contribution in [0, 0.1) is 23.7 Å². The van der Waals surface area contributed by atoms with E-state index in [2.05, 4.69) is 55.5 Å². The number of ether oxygens (including phenoxy) is 8. The zero-order valence-corrected chi connectivity index (χ0v) is 58.7. The first-order chi connectivity index (χ1) is 47.9. The van der Waals surface area contributed by atoms with E-state index in [9.17, 15) is 47.1 Å². The third kappa shape index (κ3) is 17.9. The van der Waals surface area contributed by atoms with Gasteiger partial charge < -0.3 is 74.2 Å². The number of unbranched alkanes of at least 4 members (excludes halogenated alkanes) is 2. The molecular formula is C69H92N12O18S. The summed E-state index contributed by atoms with van der Waals surface area (Å²) in [5, 5.41) is 22.1. The molecule has 0 saturated heterocycles. The van der Waals surface area contributed by atoms with Crippen molar-refractivity contribution in [1.82, 2.24) is 45.8 Å². The average Bonchev–Trinajstić information content (AvgIpc) is 1.66. The summed E-state index contributed by atoms with van der Waals surface area (Å²) in [5.41, 5.74) is 12.8. The molecule has 10 rings (SSSR count). The van der Waals surface area contributed by atoms with Gasteiger partial charge >= 0.3 is 22.4 Å². The molecule has 0 aromatic heterocycles. The van der Waals surface area contributed by atoms with Gasteiger partial charge in [-0.15, -0.1) is 5.53 Å². The van der Waals surface area contributed by atoms with Crippen molar-refractivity contribution < 1.29 is 85.0 Å². The fourth-order valence-corrected chi connectivity index (χ4v) is 13.9. The number of amides is 7. The van der Waals surface area contributed by atoms with E-state index in [-0.39, 0.29) is 93.2 Å². The normalized spacial score (nSPS) is 21.1. The number of aliphatic hydroxyl groups is 1. The highest BCUT2D eigenvalue weighted by Crippen LogP contribution is 2.54. The fraction of sp³-hybridized carbons (Fsp3) is 0.536. The second kappa shape index (κ2) is 33.0. The zero-order chi connectivity index (χ0) is 71.5. The van der Waals surface area contributed by atoms with Gasteiger partial charge in [-0.2, -0.15) is 13.1 Å². The van der Waals surface area contributed by atoms with Crippen LogP contribution in [0.1, 0.15) is 133 Å². The van der Waals surface area contributed by atoms with Crippen LogP contribution in [0.3, 0.4) is 0 Å². The van der Waals surface area contributed by atoms with E-state index in [1.807, 2.05) is 24.8 Å². The molecule has 3 aromatic carbocycles. The molecule has 8 atom stereocenters. The molecule has 0 radical (unpaired) electrons. The Balaban J connectivity index is 0.624. The zero-order valence-electron chi connectivity index (χ0n) is 57.9. The molecule has 0 unspecified atom stereocenters.